The van der Waals surface area contributed by atoms with Gasteiger partial charge in [0.2, 0.25) is 5.91 Å². The van der Waals surface area contributed by atoms with E-state index in [4.69, 9.17) is 21.7 Å². The highest BCUT2D eigenvalue weighted by atomic mass is 32.2. The lowest BCUT2D eigenvalue weighted by molar-refractivity contribution is -0.126. The van der Waals surface area contributed by atoms with E-state index >= 15 is 0 Å². The van der Waals surface area contributed by atoms with Gasteiger partial charge in [0.05, 0.1) is 19.1 Å². The molecule has 1 N–H and O–H groups in total. The van der Waals surface area contributed by atoms with Crippen molar-refractivity contribution in [2.45, 2.75) is 0 Å². The molecule has 1 aliphatic rings. The first-order valence-electron chi connectivity index (χ1n) is 10.4. The van der Waals surface area contributed by atoms with E-state index < -0.39 is 0 Å². The minimum atomic E-state index is -0.323. The van der Waals surface area contributed by atoms with Gasteiger partial charge in [-0.1, -0.05) is 72.5 Å². The van der Waals surface area contributed by atoms with Gasteiger partial charge < -0.3 is 14.8 Å². The normalized spacial score (nSPS) is 14.4. The Bertz CT molecular complexity index is 1260. The molecule has 0 radical (unpaired) electrons. The molecule has 1 heterocycles. The molecule has 0 aliphatic carbocycles. The van der Waals surface area contributed by atoms with E-state index in [-0.39, 0.29) is 18.4 Å². The predicted octanol–water partition coefficient (Wildman–Crippen LogP) is 5.21. The second-order valence-electron chi connectivity index (χ2n) is 7.37. The number of anilines is 1. The van der Waals surface area contributed by atoms with Crippen LogP contribution in [0.2, 0.25) is 0 Å². The quantitative estimate of drug-likeness (QED) is 0.362. The Morgan fingerprint density at radius 1 is 0.971 bits per heavy atom. The van der Waals surface area contributed by atoms with Crippen LogP contribution in [0.3, 0.4) is 0 Å². The van der Waals surface area contributed by atoms with Crippen LogP contribution in [0.15, 0.2) is 77.7 Å². The fourth-order valence-corrected chi connectivity index (χ4v) is 4.71. The molecule has 3 aromatic rings. The average Bonchev–Trinajstić information content (AvgIpc) is 3.12. The maximum absolute atomic E-state index is 12.9. The number of benzene rings is 3. The molecule has 3 aromatic carbocycles. The molecule has 0 saturated carbocycles. The summed E-state index contributed by atoms with van der Waals surface area (Å²) in [6.45, 7) is -0.158. The molecule has 1 saturated heterocycles. The van der Waals surface area contributed by atoms with Crippen LogP contribution < -0.4 is 14.8 Å². The van der Waals surface area contributed by atoms with Crippen molar-refractivity contribution in [3.05, 3.63) is 83.3 Å². The van der Waals surface area contributed by atoms with Crippen molar-refractivity contribution in [3.63, 3.8) is 0 Å². The first kappa shape index (κ1) is 23.5. The van der Waals surface area contributed by atoms with Crippen molar-refractivity contribution >= 4 is 51.9 Å². The third-order valence-electron chi connectivity index (χ3n) is 5.16. The monoisotopic (exact) mass is 490 g/mol. The number of carbonyl (C=O) groups excluding carboxylic acids is 2. The minimum Gasteiger partial charge on any atom is -0.493 e. The van der Waals surface area contributed by atoms with Gasteiger partial charge in [0, 0.05) is 5.69 Å². The molecule has 2 amide bonds. The smallest absolute Gasteiger partial charge is 0.266 e. The van der Waals surface area contributed by atoms with E-state index in [2.05, 4.69) is 5.32 Å². The third-order valence-corrected chi connectivity index (χ3v) is 6.53. The van der Waals surface area contributed by atoms with Crippen molar-refractivity contribution in [2.24, 2.45) is 0 Å². The number of nitrogens with zero attached hydrogens (tertiary/aromatic N) is 1. The number of thiocarbonyl (C=S) groups is 1. The molecule has 1 aliphatic heterocycles. The molecule has 4 rings (SSSR count). The zero-order chi connectivity index (χ0) is 24.1. The number of amides is 2. The fraction of sp³-hybridized carbons (Fsp3) is 0.115. The molecule has 8 heteroatoms. The lowest BCUT2D eigenvalue weighted by Gasteiger charge is -2.14. The van der Waals surface area contributed by atoms with Crippen LogP contribution >= 0.6 is 24.0 Å². The molecule has 34 heavy (non-hydrogen) atoms. The van der Waals surface area contributed by atoms with Crippen LogP contribution in [-0.2, 0) is 9.59 Å². The van der Waals surface area contributed by atoms with Gasteiger partial charge in [-0.2, -0.15) is 0 Å². The van der Waals surface area contributed by atoms with Crippen LogP contribution in [0.25, 0.3) is 17.2 Å². The summed E-state index contributed by atoms with van der Waals surface area (Å²) in [4.78, 5) is 27.3. The topological polar surface area (TPSA) is 67.9 Å². The van der Waals surface area contributed by atoms with Crippen LogP contribution in [0.4, 0.5) is 5.69 Å². The number of hydrogen-bond donors (Lipinski definition) is 1. The molecular weight excluding hydrogens is 468 g/mol. The number of rotatable bonds is 7. The summed E-state index contributed by atoms with van der Waals surface area (Å²) < 4.78 is 10.9. The number of carbonyl (C=O) groups is 2. The van der Waals surface area contributed by atoms with Crippen LogP contribution in [0.1, 0.15) is 5.56 Å². The molecule has 0 spiro atoms. The van der Waals surface area contributed by atoms with E-state index in [1.165, 1.54) is 4.90 Å². The summed E-state index contributed by atoms with van der Waals surface area (Å²) in [6, 6.07) is 22.9. The van der Waals surface area contributed by atoms with Crippen molar-refractivity contribution in [1.29, 1.82) is 0 Å². The van der Waals surface area contributed by atoms with E-state index in [0.29, 0.717) is 26.4 Å². The third kappa shape index (κ3) is 5.30. The lowest BCUT2D eigenvalue weighted by atomic mass is 10.1. The molecular formula is C26H22N2O4S2. The van der Waals surface area contributed by atoms with Crippen molar-refractivity contribution in [1.82, 2.24) is 4.90 Å². The van der Waals surface area contributed by atoms with Gasteiger partial charge in [0.1, 0.15) is 10.9 Å². The average molecular weight is 491 g/mol. The van der Waals surface area contributed by atoms with Crippen molar-refractivity contribution in [3.8, 4) is 22.6 Å². The van der Waals surface area contributed by atoms with Gasteiger partial charge in [-0.3, -0.25) is 14.5 Å². The number of methoxy groups -OCH3 is 2. The molecule has 6 nitrogen and oxygen atoms in total. The Kier molecular flexibility index (Phi) is 7.30. The highest BCUT2D eigenvalue weighted by molar-refractivity contribution is 8.26. The van der Waals surface area contributed by atoms with E-state index in [1.54, 1.807) is 32.4 Å². The number of thioether (sulfide) groups is 1. The highest BCUT2D eigenvalue weighted by Crippen LogP contribution is 2.34. The van der Waals surface area contributed by atoms with E-state index in [0.717, 1.165) is 28.5 Å². The first-order chi connectivity index (χ1) is 16.5. The predicted molar refractivity (Wildman–Crippen MR) is 140 cm³/mol. The van der Waals surface area contributed by atoms with E-state index in [1.807, 2.05) is 60.7 Å². The van der Waals surface area contributed by atoms with Crippen molar-refractivity contribution < 1.29 is 19.1 Å². The highest BCUT2D eigenvalue weighted by Gasteiger charge is 2.33. The summed E-state index contributed by atoms with van der Waals surface area (Å²) in [5.41, 5.74) is 3.56. The van der Waals surface area contributed by atoms with Crippen LogP contribution in [0, 0.1) is 0 Å². The Morgan fingerprint density at radius 3 is 2.32 bits per heavy atom. The Labute approximate surface area is 207 Å². The van der Waals surface area contributed by atoms with Gasteiger partial charge in [-0.25, -0.2) is 0 Å². The van der Waals surface area contributed by atoms with Gasteiger partial charge >= 0.3 is 0 Å². The maximum Gasteiger partial charge on any atom is 0.266 e. The number of nitrogens with one attached hydrogen (secondary N) is 1. The molecule has 1 fully saturated rings. The Balaban J connectivity index is 1.41. The standard InChI is InChI=1S/C26H22N2O4S2/c1-31-21-13-8-17(14-22(21)32-2)15-23-25(30)28(26(33)34-23)16-24(29)27-20-11-9-19(10-12-20)18-6-4-3-5-7-18/h3-15H,16H2,1-2H3,(H,27,29). The van der Waals surface area contributed by atoms with Crippen LogP contribution in [-0.4, -0.2) is 41.8 Å². The zero-order valence-corrected chi connectivity index (χ0v) is 20.2. The second-order valence-corrected chi connectivity index (χ2v) is 9.05. The van der Waals surface area contributed by atoms with Gasteiger partial charge in [0.15, 0.2) is 11.5 Å². The Morgan fingerprint density at radius 2 is 1.65 bits per heavy atom. The van der Waals surface area contributed by atoms with Crippen molar-refractivity contribution in [2.75, 3.05) is 26.1 Å². The minimum absolute atomic E-state index is 0.158. The second kappa shape index (κ2) is 10.5. The summed E-state index contributed by atoms with van der Waals surface area (Å²) in [5.74, 6) is 0.528. The summed E-state index contributed by atoms with van der Waals surface area (Å²) in [6.07, 6.45) is 1.72. The molecule has 0 bridgehead atoms. The number of ether oxygens (including phenoxy) is 2. The largest absolute Gasteiger partial charge is 0.493 e. The lowest BCUT2D eigenvalue weighted by Crippen LogP contribution is -2.36. The van der Waals surface area contributed by atoms with Crippen LogP contribution in [0.5, 0.6) is 11.5 Å². The molecule has 0 aromatic heterocycles. The zero-order valence-electron chi connectivity index (χ0n) is 18.6. The SMILES string of the molecule is COc1ccc(C=C2SC(=S)N(CC(=O)Nc3ccc(-c4ccccc4)cc3)C2=O)cc1OC. The maximum atomic E-state index is 12.9. The van der Waals surface area contributed by atoms with Gasteiger partial charge in [0.25, 0.3) is 5.91 Å². The molecule has 0 unspecified atom stereocenters. The molecule has 172 valence electrons. The summed E-state index contributed by atoms with van der Waals surface area (Å²) >= 11 is 6.52. The molecule has 0 atom stereocenters. The summed E-state index contributed by atoms with van der Waals surface area (Å²) in [7, 11) is 3.11. The van der Waals surface area contributed by atoms with Gasteiger partial charge in [-0.05, 0) is 47.0 Å². The number of hydrogen-bond acceptors (Lipinski definition) is 6. The van der Waals surface area contributed by atoms with Gasteiger partial charge in [-0.15, -0.1) is 0 Å². The fourth-order valence-electron chi connectivity index (χ4n) is 3.45. The van der Waals surface area contributed by atoms with E-state index in [9.17, 15) is 9.59 Å². The summed E-state index contributed by atoms with van der Waals surface area (Å²) in [5, 5.41) is 2.83. The first-order valence-corrected chi connectivity index (χ1v) is 11.6. The Hall–Kier alpha value is -3.62.